The van der Waals surface area contributed by atoms with Crippen molar-refractivity contribution in [2.24, 2.45) is 0 Å². The monoisotopic (exact) mass is 425 g/mol. The average Bonchev–Trinajstić information content (AvgIpc) is 2.77. The van der Waals surface area contributed by atoms with Crippen molar-refractivity contribution in [2.45, 2.75) is 44.3 Å². The lowest BCUT2D eigenvalue weighted by molar-refractivity contribution is -0.113. The van der Waals surface area contributed by atoms with Gasteiger partial charge in [0.05, 0.1) is 16.7 Å². The highest BCUT2D eigenvalue weighted by Crippen LogP contribution is 2.22. The summed E-state index contributed by atoms with van der Waals surface area (Å²) >= 11 is 1.22. The molecular weight excluding hydrogens is 398 g/mol. The molecule has 6 nitrogen and oxygen atoms in total. The first-order valence-electron chi connectivity index (χ1n) is 10.2. The zero-order valence-electron chi connectivity index (χ0n) is 17.3. The molecule has 0 aliphatic carbocycles. The largest absolute Gasteiger partial charge is 0.396 e. The Kier molecular flexibility index (Phi) is 7.65. The molecule has 1 unspecified atom stereocenters. The maximum atomic E-state index is 12.8. The Bertz CT molecular complexity index is 1060. The Morgan fingerprint density at radius 3 is 2.63 bits per heavy atom. The van der Waals surface area contributed by atoms with Gasteiger partial charge < -0.3 is 10.4 Å². The molecule has 1 aromatic heterocycles. The van der Waals surface area contributed by atoms with E-state index in [9.17, 15) is 9.59 Å². The third kappa shape index (κ3) is 5.29. The van der Waals surface area contributed by atoms with Crippen LogP contribution in [0.2, 0.25) is 0 Å². The Balaban J connectivity index is 1.72. The van der Waals surface area contributed by atoms with Crippen molar-refractivity contribution in [2.75, 3.05) is 17.7 Å². The first-order chi connectivity index (χ1) is 14.5. The summed E-state index contributed by atoms with van der Waals surface area (Å²) in [6, 6.07) is 15.1. The summed E-state index contributed by atoms with van der Waals surface area (Å²) in [5.41, 5.74) is 2.44. The van der Waals surface area contributed by atoms with Crippen LogP contribution >= 0.6 is 11.8 Å². The van der Waals surface area contributed by atoms with E-state index in [1.54, 1.807) is 18.2 Å². The fraction of sp³-hybridized carbons (Fsp3) is 0.348. The van der Waals surface area contributed by atoms with Crippen LogP contribution in [0.3, 0.4) is 0 Å². The number of aliphatic hydroxyl groups excluding tert-OH is 1. The normalized spacial score (nSPS) is 12.1. The summed E-state index contributed by atoms with van der Waals surface area (Å²) in [6.07, 6.45) is 1.52. The number of nitrogens with zero attached hydrogens (tertiary/aromatic N) is 2. The second-order valence-corrected chi connectivity index (χ2v) is 8.16. The number of fused-ring (bicyclic) bond motifs is 1. The van der Waals surface area contributed by atoms with Crippen molar-refractivity contribution in [3.63, 3.8) is 0 Å². The minimum atomic E-state index is -0.160. The van der Waals surface area contributed by atoms with Crippen LogP contribution in [0.4, 0.5) is 5.69 Å². The molecule has 30 heavy (non-hydrogen) atoms. The Morgan fingerprint density at radius 2 is 1.93 bits per heavy atom. The number of benzene rings is 2. The van der Waals surface area contributed by atoms with Gasteiger partial charge in [-0.05, 0) is 48.6 Å². The van der Waals surface area contributed by atoms with E-state index >= 15 is 0 Å². The number of hydrogen-bond acceptors (Lipinski definition) is 5. The number of para-hydroxylation sites is 1. The standard InChI is InChI=1S/C23H27N3O3S/c1-3-16(2)17-9-11-18(12-10-17)24-21(28)15-30-23-25-20-8-5-4-7-19(20)22(29)26(23)13-6-14-27/h4-5,7-12,16,27H,3,6,13-15H2,1-2H3,(H,24,28). The van der Waals surface area contributed by atoms with Gasteiger partial charge in [-0.1, -0.05) is 49.9 Å². The van der Waals surface area contributed by atoms with Gasteiger partial charge in [-0.3, -0.25) is 14.2 Å². The number of thioether (sulfide) groups is 1. The first-order valence-corrected chi connectivity index (χ1v) is 11.1. The third-order valence-electron chi connectivity index (χ3n) is 5.07. The smallest absolute Gasteiger partial charge is 0.262 e. The van der Waals surface area contributed by atoms with Gasteiger partial charge in [0.2, 0.25) is 5.91 Å². The number of carbonyl (C=O) groups is 1. The zero-order chi connectivity index (χ0) is 21.5. The quantitative estimate of drug-likeness (QED) is 0.400. The molecule has 0 bridgehead atoms. The molecule has 0 saturated heterocycles. The van der Waals surface area contributed by atoms with E-state index in [2.05, 4.69) is 24.1 Å². The summed E-state index contributed by atoms with van der Waals surface area (Å²) < 4.78 is 1.54. The molecular formula is C23H27N3O3S. The van der Waals surface area contributed by atoms with Crippen LogP contribution in [0.5, 0.6) is 0 Å². The van der Waals surface area contributed by atoms with E-state index < -0.39 is 0 Å². The molecule has 3 aromatic rings. The Morgan fingerprint density at radius 1 is 1.20 bits per heavy atom. The number of nitrogens with one attached hydrogen (secondary N) is 1. The van der Waals surface area contributed by atoms with E-state index in [0.717, 1.165) is 12.1 Å². The number of aliphatic hydroxyl groups is 1. The lowest BCUT2D eigenvalue weighted by atomic mass is 9.99. The molecule has 1 amide bonds. The lowest BCUT2D eigenvalue weighted by Gasteiger charge is -2.13. The zero-order valence-corrected chi connectivity index (χ0v) is 18.1. The minimum absolute atomic E-state index is 0.0174. The van der Waals surface area contributed by atoms with Gasteiger partial charge >= 0.3 is 0 Å². The van der Waals surface area contributed by atoms with Gasteiger partial charge in [-0.25, -0.2) is 4.98 Å². The maximum Gasteiger partial charge on any atom is 0.262 e. The van der Waals surface area contributed by atoms with Crippen molar-refractivity contribution in [3.05, 3.63) is 64.4 Å². The van der Waals surface area contributed by atoms with Crippen LogP contribution in [0.1, 0.15) is 38.2 Å². The number of aromatic nitrogens is 2. The van der Waals surface area contributed by atoms with Crippen LogP contribution in [0, 0.1) is 0 Å². The van der Waals surface area contributed by atoms with Gasteiger partial charge in [0, 0.05) is 18.8 Å². The fourth-order valence-corrected chi connectivity index (χ4v) is 3.97. The molecule has 7 heteroatoms. The average molecular weight is 426 g/mol. The number of carbonyl (C=O) groups excluding carboxylic acids is 1. The summed E-state index contributed by atoms with van der Waals surface area (Å²) in [5.74, 6) is 0.462. The summed E-state index contributed by atoms with van der Waals surface area (Å²) in [7, 11) is 0. The Hall–Kier alpha value is -2.64. The third-order valence-corrected chi connectivity index (χ3v) is 6.05. The summed E-state index contributed by atoms with van der Waals surface area (Å²) in [4.78, 5) is 29.9. The number of hydrogen-bond donors (Lipinski definition) is 2. The maximum absolute atomic E-state index is 12.8. The highest BCUT2D eigenvalue weighted by molar-refractivity contribution is 7.99. The summed E-state index contributed by atoms with van der Waals surface area (Å²) in [6.45, 7) is 4.67. The van der Waals surface area contributed by atoms with Crippen LogP contribution in [0.15, 0.2) is 58.5 Å². The molecule has 0 saturated carbocycles. The molecule has 2 aromatic carbocycles. The van der Waals surface area contributed by atoms with Gasteiger partial charge in [-0.15, -0.1) is 0 Å². The molecule has 1 atom stereocenters. The molecule has 1 heterocycles. The highest BCUT2D eigenvalue weighted by Gasteiger charge is 2.13. The van der Waals surface area contributed by atoms with Crippen molar-refractivity contribution in [3.8, 4) is 0 Å². The van der Waals surface area contributed by atoms with Gasteiger partial charge in [-0.2, -0.15) is 0 Å². The van der Waals surface area contributed by atoms with Crippen molar-refractivity contribution in [1.82, 2.24) is 9.55 Å². The van der Waals surface area contributed by atoms with Crippen molar-refractivity contribution >= 4 is 34.3 Å². The topological polar surface area (TPSA) is 84.2 Å². The van der Waals surface area contributed by atoms with E-state index in [4.69, 9.17) is 5.11 Å². The van der Waals surface area contributed by atoms with Gasteiger partial charge in [0.25, 0.3) is 5.56 Å². The number of rotatable bonds is 9. The fourth-order valence-electron chi connectivity index (χ4n) is 3.14. The van der Waals surface area contributed by atoms with Crippen molar-refractivity contribution in [1.29, 1.82) is 0 Å². The lowest BCUT2D eigenvalue weighted by Crippen LogP contribution is -2.24. The molecule has 0 spiro atoms. The Labute approximate surface area is 180 Å². The van der Waals surface area contributed by atoms with E-state index in [1.165, 1.54) is 21.9 Å². The molecule has 3 rings (SSSR count). The molecule has 0 aliphatic heterocycles. The van der Waals surface area contributed by atoms with Crippen LogP contribution in [0.25, 0.3) is 10.9 Å². The molecule has 2 N–H and O–H groups in total. The van der Waals surface area contributed by atoms with Crippen LogP contribution in [-0.2, 0) is 11.3 Å². The number of amides is 1. The molecule has 0 aliphatic rings. The molecule has 158 valence electrons. The number of anilines is 1. The first kappa shape index (κ1) is 22.1. The summed E-state index contributed by atoms with van der Waals surface area (Å²) in [5, 5.41) is 13.1. The van der Waals surface area contributed by atoms with E-state index in [-0.39, 0.29) is 23.8 Å². The van der Waals surface area contributed by atoms with Gasteiger partial charge in [0.15, 0.2) is 5.16 Å². The van der Waals surface area contributed by atoms with Crippen LogP contribution in [-0.4, -0.2) is 32.9 Å². The van der Waals surface area contributed by atoms with Gasteiger partial charge in [0.1, 0.15) is 0 Å². The highest BCUT2D eigenvalue weighted by atomic mass is 32.2. The van der Waals surface area contributed by atoms with Crippen LogP contribution < -0.4 is 10.9 Å². The van der Waals surface area contributed by atoms with E-state index in [1.807, 2.05) is 30.3 Å². The predicted octanol–water partition coefficient (Wildman–Crippen LogP) is 4.02. The molecule has 0 fully saturated rings. The second kappa shape index (κ2) is 10.4. The minimum Gasteiger partial charge on any atom is -0.396 e. The van der Waals surface area contributed by atoms with Crippen molar-refractivity contribution < 1.29 is 9.90 Å². The SMILES string of the molecule is CCC(C)c1ccc(NC(=O)CSc2nc3ccccc3c(=O)n2CCCO)cc1. The molecule has 0 radical (unpaired) electrons. The van der Waals surface area contributed by atoms with E-state index in [0.29, 0.717) is 34.9 Å². The predicted molar refractivity (Wildman–Crippen MR) is 122 cm³/mol. The second-order valence-electron chi connectivity index (χ2n) is 7.21.